The molecule has 0 saturated heterocycles. The lowest BCUT2D eigenvalue weighted by Crippen LogP contribution is -2.33. The zero-order chi connectivity index (χ0) is 13.0. The third-order valence-corrected chi connectivity index (χ3v) is 4.02. The summed E-state index contributed by atoms with van der Waals surface area (Å²) >= 11 is 1.73. The molecule has 0 unspecified atom stereocenters. The van der Waals surface area contributed by atoms with Gasteiger partial charge in [0, 0.05) is 37.7 Å². The summed E-state index contributed by atoms with van der Waals surface area (Å²) < 4.78 is 5.16. The van der Waals surface area contributed by atoms with Crippen LogP contribution in [0.1, 0.15) is 32.4 Å². The Morgan fingerprint density at radius 1 is 1.56 bits per heavy atom. The third kappa shape index (κ3) is 3.93. The van der Waals surface area contributed by atoms with Crippen LogP contribution in [0, 0.1) is 0 Å². The maximum atomic E-state index is 5.16. The van der Waals surface area contributed by atoms with E-state index in [0.717, 1.165) is 36.6 Å². The van der Waals surface area contributed by atoms with E-state index in [1.54, 1.807) is 18.4 Å². The second-order valence-electron chi connectivity index (χ2n) is 5.06. The minimum absolute atomic E-state index is 0.454. The lowest BCUT2D eigenvalue weighted by Gasteiger charge is -2.25. The summed E-state index contributed by atoms with van der Waals surface area (Å²) in [5.74, 6) is 0. The first-order valence-electron chi connectivity index (χ1n) is 6.64. The van der Waals surface area contributed by atoms with E-state index in [9.17, 15) is 0 Å². The van der Waals surface area contributed by atoms with Crippen molar-refractivity contribution < 1.29 is 4.74 Å². The second-order valence-corrected chi connectivity index (χ2v) is 5.89. The SMILES string of the molecule is COCCN(c1nc(CNC2CC2)cs1)C(C)C. The molecule has 102 valence electrons. The van der Waals surface area contributed by atoms with Gasteiger partial charge in [-0.3, -0.25) is 0 Å². The molecule has 1 aromatic rings. The fourth-order valence-electron chi connectivity index (χ4n) is 1.81. The van der Waals surface area contributed by atoms with Crippen LogP contribution in [0.25, 0.3) is 0 Å². The van der Waals surface area contributed by atoms with Crippen molar-refractivity contribution in [3.8, 4) is 0 Å². The van der Waals surface area contributed by atoms with Gasteiger partial charge < -0.3 is 15.0 Å². The molecule has 1 N–H and O–H groups in total. The van der Waals surface area contributed by atoms with Crippen LogP contribution in [-0.2, 0) is 11.3 Å². The second kappa shape index (κ2) is 6.50. The number of nitrogens with one attached hydrogen (secondary N) is 1. The van der Waals surface area contributed by atoms with Crippen LogP contribution >= 0.6 is 11.3 Å². The molecule has 1 aliphatic carbocycles. The average molecular weight is 269 g/mol. The number of hydrogen-bond acceptors (Lipinski definition) is 5. The van der Waals surface area contributed by atoms with Gasteiger partial charge in [0.15, 0.2) is 5.13 Å². The third-order valence-electron chi connectivity index (χ3n) is 3.09. The van der Waals surface area contributed by atoms with Crippen LogP contribution in [0.3, 0.4) is 0 Å². The van der Waals surface area contributed by atoms with Crippen molar-refractivity contribution in [2.75, 3.05) is 25.2 Å². The molecule has 0 spiro atoms. The first-order valence-corrected chi connectivity index (χ1v) is 7.52. The highest BCUT2D eigenvalue weighted by Gasteiger charge is 2.21. The molecule has 1 heterocycles. The lowest BCUT2D eigenvalue weighted by molar-refractivity contribution is 0.204. The summed E-state index contributed by atoms with van der Waals surface area (Å²) in [5, 5.41) is 6.76. The van der Waals surface area contributed by atoms with E-state index in [4.69, 9.17) is 9.72 Å². The maximum Gasteiger partial charge on any atom is 0.185 e. The normalized spacial score (nSPS) is 15.3. The summed E-state index contributed by atoms with van der Waals surface area (Å²) in [6.07, 6.45) is 2.64. The highest BCUT2D eigenvalue weighted by molar-refractivity contribution is 7.13. The first kappa shape index (κ1) is 13.8. The molecule has 0 aliphatic heterocycles. The number of anilines is 1. The topological polar surface area (TPSA) is 37.4 Å². The van der Waals surface area contributed by atoms with Gasteiger partial charge in [-0.05, 0) is 26.7 Å². The van der Waals surface area contributed by atoms with E-state index in [1.807, 2.05) is 0 Å². The maximum absolute atomic E-state index is 5.16. The number of thiazole rings is 1. The standard InChI is InChI=1S/C13H23N3OS/c1-10(2)16(6-7-17-3)13-15-12(9-18-13)8-14-11-4-5-11/h9-11,14H,4-8H2,1-3H3. The minimum Gasteiger partial charge on any atom is -0.383 e. The van der Waals surface area contributed by atoms with Gasteiger partial charge in [0.25, 0.3) is 0 Å². The molecular weight excluding hydrogens is 246 g/mol. The van der Waals surface area contributed by atoms with Crippen LogP contribution in [0.4, 0.5) is 5.13 Å². The number of methoxy groups -OCH3 is 1. The van der Waals surface area contributed by atoms with Gasteiger partial charge in [-0.15, -0.1) is 11.3 Å². The van der Waals surface area contributed by atoms with E-state index in [1.165, 1.54) is 12.8 Å². The Morgan fingerprint density at radius 3 is 2.94 bits per heavy atom. The number of aromatic nitrogens is 1. The molecule has 1 fully saturated rings. The average Bonchev–Trinajstić information content (AvgIpc) is 3.06. The van der Waals surface area contributed by atoms with Crippen molar-refractivity contribution in [2.45, 2.75) is 45.3 Å². The van der Waals surface area contributed by atoms with Gasteiger partial charge in [0.05, 0.1) is 12.3 Å². The quantitative estimate of drug-likeness (QED) is 0.785. The van der Waals surface area contributed by atoms with Gasteiger partial charge in [-0.25, -0.2) is 4.98 Å². The minimum atomic E-state index is 0.454. The fraction of sp³-hybridized carbons (Fsp3) is 0.769. The van der Waals surface area contributed by atoms with E-state index in [-0.39, 0.29) is 0 Å². The summed E-state index contributed by atoms with van der Waals surface area (Å²) in [6.45, 7) is 6.93. The number of ether oxygens (including phenoxy) is 1. The van der Waals surface area contributed by atoms with E-state index in [2.05, 4.69) is 29.4 Å². The van der Waals surface area contributed by atoms with Crippen LogP contribution in [0.5, 0.6) is 0 Å². The molecule has 2 rings (SSSR count). The Hall–Kier alpha value is -0.650. The molecule has 5 heteroatoms. The zero-order valence-electron chi connectivity index (χ0n) is 11.5. The van der Waals surface area contributed by atoms with Crippen molar-refractivity contribution in [1.82, 2.24) is 10.3 Å². The Morgan fingerprint density at radius 2 is 2.33 bits per heavy atom. The van der Waals surface area contributed by atoms with Crippen LogP contribution in [0.2, 0.25) is 0 Å². The summed E-state index contributed by atoms with van der Waals surface area (Å²) in [6, 6.07) is 1.19. The largest absolute Gasteiger partial charge is 0.383 e. The molecule has 4 nitrogen and oxygen atoms in total. The molecule has 0 radical (unpaired) electrons. The fourth-order valence-corrected chi connectivity index (χ4v) is 2.80. The summed E-state index contributed by atoms with van der Waals surface area (Å²) in [7, 11) is 1.74. The highest BCUT2D eigenvalue weighted by atomic mass is 32.1. The molecule has 1 aliphatic rings. The van der Waals surface area contributed by atoms with Gasteiger partial charge in [-0.1, -0.05) is 0 Å². The molecule has 0 amide bonds. The van der Waals surface area contributed by atoms with Crippen molar-refractivity contribution in [3.63, 3.8) is 0 Å². The molecule has 18 heavy (non-hydrogen) atoms. The summed E-state index contributed by atoms with van der Waals surface area (Å²) in [5.41, 5.74) is 1.16. The van der Waals surface area contributed by atoms with Crippen LogP contribution in [0.15, 0.2) is 5.38 Å². The van der Waals surface area contributed by atoms with Gasteiger partial charge >= 0.3 is 0 Å². The Balaban J connectivity index is 1.91. The van der Waals surface area contributed by atoms with E-state index < -0.39 is 0 Å². The number of hydrogen-bond donors (Lipinski definition) is 1. The molecular formula is C13H23N3OS. The van der Waals surface area contributed by atoms with Crippen molar-refractivity contribution >= 4 is 16.5 Å². The predicted molar refractivity (Wildman–Crippen MR) is 76.3 cm³/mol. The first-order chi connectivity index (χ1) is 8.70. The Labute approximate surface area is 113 Å². The molecule has 1 aromatic heterocycles. The van der Waals surface area contributed by atoms with Crippen LogP contribution < -0.4 is 10.2 Å². The smallest absolute Gasteiger partial charge is 0.185 e. The zero-order valence-corrected chi connectivity index (χ0v) is 12.3. The van der Waals surface area contributed by atoms with Gasteiger partial charge in [0.1, 0.15) is 0 Å². The molecule has 1 saturated carbocycles. The molecule has 0 atom stereocenters. The monoisotopic (exact) mass is 269 g/mol. The molecule has 0 aromatic carbocycles. The Bertz CT molecular complexity index is 363. The highest BCUT2D eigenvalue weighted by Crippen LogP contribution is 2.24. The summed E-state index contributed by atoms with van der Waals surface area (Å²) in [4.78, 5) is 7.01. The molecule has 0 bridgehead atoms. The van der Waals surface area contributed by atoms with E-state index in [0.29, 0.717) is 6.04 Å². The van der Waals surface area contributed by atoms with Crippen molar-refractivity contribution in [3.05, 3.63) is 11.1 Å². The van der Waals surface area contributed by atoms with Crippen molar-refractivity contribution in [1.29, 1.82) is 0 Å². The van der Waals surface area contributed by atoms with E-state index >= 15 is 0 Å². The van der Waals surface area contributed by atoms with Gasteiger partial charge in [0.2, 0.25) is 0 Å². The van der Waals surface area contributed by atoms with Crippen molar-refractivity contribution in [2.24, 2.45) is 0 Å². The number of rotatable bonds is 8. The predicted octanol–water partition coefficient (Wildman–Crippen LogP) is 2.26. The van der Waals surface area contributed by atoms with Crippen LogP contribution in [-0.4, -0.2) is 37.3 Å². The van der Waals surface area contributed by atoms with Gasteiger partial charge in [-0.2, -0.15) is 0 Å². The Kier molecular flexibility index (Phi) is 4.97. The number of nitrogens with zero attached hydrogens (tertiary/aromatic N) is 2. The lowest BCUT2D eigenvalue weighted by atomic mass is 10.3.